The normalized spacial score (nSPS) is 20.4. The number of hydrogen-bond donors (Lipinski definition) is 1. The highest BCUT2D eigenvalue weighted by molar-refractivity contribution is 5.95. The van der Waals surface area contributed by atoms with Gasteiger partial charge in [0.2, 0.25) is 11.8 Å². The van der Waals surface area contributed by atoms with Crippen molar-refractivity contribution < 1.29 is 23.4 Å². The minimum absolute atomic E-state index is 0.116. The van der Waals surface area contributed by atoms with Gasteiger partial charge in [-0.05, 0) is 32.8 Å². The van der Waals surface area contributed by atoms with E-state index < -0.39 is 29.6 Å². The molecule has 1 aliphatic heterocycles. The van der Waals surface area contributed by atoms with E-state index in [0.29, 0.717) is 5.90 Å². The second kappa shape index (κ2) is 9.24. The van der Waals surface area contributed by atoms with Crippen LogP contribution in [0.1, 0.15) is 46.2 Å². The molecule has 2 rings (SSSR count). The van der Waals surface area contributed by atoms with Crippen molar-refractivity contribution in [2.45, 2.75) is 58.3 Å². The lowest BCUT2D eigenvalue weighted by molar-refractivity contribution is 0.0498. The van der Waals surface area contributed by atoms with Crippen molar-refractivity contribution >= 4 is 17.9 Å². The number of rotatable bonds is 4. The molecule has 1 aliphatic rings. The molecule has 0 radical (unpaired) electrons. The maximum absolute atomic E-state index is 14.6. The molecule has 1 aromatic rings. The van der Waals surface area contributed by atoms with E-state index in [-0.39, 0.29) is 23.4 Å². The van der Waals surface area contributed by atoms with Gasteiger partial charge in [-0.15, -0.1) is 0 Å². The van der Waals surface area contributed by atoms with Crippen molar-refractivity contribution in [3.63, 3.8) is 0 Å². The number of alkyl carbamates (subject to hydrolysis) is 1. The van der Waals surface area contributed by atoms with Crippen LogP contribution in [0, 0.1) is 11.7 Å². The van der Waals surface area contributed by atoms with E-state index in [1.807, 2.05) is 13.8 Å². The van der Waals surface area contributed by atoms with Crippen LogP contribution in [0.3, 0.4) is 0 Å². The minimum Gasteiger partial charge on any atom is -0.483 e. The molecule has 3 unspecified atom stereocenters. The van der Waals surface area contributed by atoms with Gasteiger partial charge in [0.25, 0.3) is 0 Å². The fraction of sp³-hybridized carbons (Fsp3) is 0.571. The number of amides is 1. The molecule has 1 heterocycles. The van der Waals surface area contributed by atoms with Gasteiger partial charge in [-0.2, -0.15) is 0 Å². The number of nitrogens with zero attached hydrogens (tertiary/aromatic N) is 2. The Labute approximate surface area is 171 Å². The molecule has 3 atom stereocenters. The summed E-state index contributed by atoms with van der Waals surface area (Å²) in [4.78, 5) is 21.7. The lowest BCUT2D eigenvalue weighted by Gasteiger charge is -2.32. The van der Waals surface area contributed by atoms with E-state index >= 15 is 0 Å². The highest BCUT2D eigenvalue weighted by atomic mass is 19.1. The molecular weight excluding hydrogens is 377 g/mol. The first-order valence-corrected chi connectivity index (χ1v) is 9.54. The molecule has 0 aliphatic carbocycles. The number of carbonyl (C=O) groups is 1. The molecule has 160 valence electrons. The molecule has 0 fully saturated rings. The monoisotopic (exact) mass is 407 g/mol. The number of methoxy groups -OCH3 is 2. The summed E-state index contributed by atoms with van der Waals surface area (Å²) < 4.78 is 30.9. The van der Waals surface area contributed by atoms with Gasteiger partial charge in [0.1, 0.15) is 17.5 Å². The molecule has 0 bridgehead atoms. The Hall–Kier alpha value is -2.64. The van der Waals surface area contributed by atoms with Gasteiger partial charge < -0.3 is 19.5 Å². The summed E-state index contributed by atoms with van der Waals surface area (Å²) in [6.07, 6.45) is -0.693. The molecule has 0 saturated heterocycles. The third-order valence-electron chi connectivity index (χ3n) is 4.32. The summed E-state index contributed by atoms with van der Waals surface area (Å²) in [5.74, 6) is 0.321. The van der Waals surface area contributed by atoms with Gasteiger partial charge in [-0.3, -0.25) is 0 Å². The largest absolute Gasteiger partial charge is 0.483 e. The van der Waals surface area contributed by atoms with Crippen molar-refractivity contribution in [1.82, 2.24) is 5.32 Å². The van der Waals surface area contributed by atoms with Crippen LogP contribution in [-0.2, 0) is 14.2 Å². The van der Waals surface area contributed by atoms with Crippen LogP contribution in [0.2, 0.25) is 0 Å². The number of hydrogen-bond acceptors (Lipinski definition) is 6. The van der Waals surface area contributed by atoms with Crippen LogP contribution in [0.25, 0.3) is 0 Å². The zero-order valence-electron chi connectivity index (χ0n) is 18.0. The minimum atomic E-state index is -0.900. The van der Waals surface area contributed by atoms with Gasteiger partial charge in [0.05, 0.1) is 20.3 Å². The third kappa shape index (κ3) is 5.68. The van der Waals surface area contributed by atoms with Gasteiger partial charge >= 0.3 is 6.09 Å². The molecule has 1 amide bonds. The van der Waals surface area contributed by atoms with E-state index in [1.165, 1.54) is 20.3 Å². The number of benzene rings is 1. The molecule has 1 aromatic carbocycles. The van der Waals surface area contributed by atoms with Crippen molar-refractivity contribution in [2.24, 2.45) is 15.9 Å². The predicted molar refractivity (Wildman–Crippen MR) is 110 cm³/mol. The van der Waals surface area contributed by atoms with Crippen LogP contribution in [0.15, 0.2) is 34.3 Å². The predicted octanol–water partition coefficient (Wildman–Crippen LogP) is 3.89. The summed E-state index contributed by atoms with van der Waals surface area (Å²) >= 11 is 0. The first-order chi connectivity index (χ1) is 13.6. The van der Waals surface area contributed by atoms with E-state index in [1.54, 1.807) is 39.0 Å². The fourth-order valence-electron chi connectivity index (χ4n) is 3.02. The quantitative estimate of drug-likeness (QED) is 0.821. The van der Waals surface area contributed by atoms with Crippen molar-refractivity contribution in [1.29, 1.82) is 0 Å². The van der Waals surface area contributed by atoms with Crippen LogP contribution >= 0.6 is 0 Å². The molecule has 7 nitrogen and oxygen atoms in total. The van der Waals surface area contributed by atoms with Gasteiger partial charge in [0.15, 0.2) is 6.04 Å². The first-order valence-electron chi connectivity index (χ1n) is 9.54. The fourth-order valence-corrected chi connectivity index (χ4v) is 3.02. The van der Waals surface area contributed by atoms with Crippen molar-refractivity contribution in [2.75, 3.05) is 14.2 Å². The van der Waals surface area contributed by atoms with Crippen molar-refractivity contribution in [3.05, 3.63) is 35.6 Å². The van der Waals surface area contributed by atoms with Crippen LogP contribution in [-0.4, -0.2) is 49.8 Å². The second-order valence-electron chi connectivity index (χ2n) is 8.12. The van der Waals surface area contributed by atoms with E-state index in [9.17, 15) is 9.18 Å². The van der Waals surface area contributed by atoms with E-state index in [2.05, 4.69) is 15.3 Å². The molecule has 0 spiro atoms. The molecule has 0 aromatic heterocycles. The smallest absolute Gasteiger partial charge is 0.408 e. The SMILES string of the molecule is COC1=NC(C(NC(=O)OC(C)(C)C)c2ccccc2F)C(OC)=NC1C(C)C. The standard InChI is InChI=1S/C21H30FN3O4/c1-12(2)15-18(27-6)24-17(19(23-15)28-7)16(13-10-8-9-11-14(13)22)25-20(26)29-21(3,4)5/h8-12,15-17H,1-7H3,(H,25,26). The Kier molecular flexibility index (Phi) is 7.21. The van der Waals surface area contributed by atoms with Crippen molar-refractivity contribution in [3.8, 4) is 0 Å². The Bertz CT molecular complexity index is 786. The van der Waals surface area contributed by atoms with Crippen LogP contribution in [0.5, 0.6) is 0 Å². The van der Waals surface area contributed by atoms with Gasteiger partial charge in [-0.1, -0.05) is 32.0 Å². The second-order valence-corrected chi connectivity index (χ2v) is 8.12. The topological polar surface area (TPSA) is 81.5 Å². The number of ether oxygens (including phenoxy) is 3. The zero-order valence-corrected chi connectivity index (χ0v) is 18.0. The average molecular weight is 407 g/mol. The Morgan fingerprint density at radius 3 is 2.14 bits per heavy atom. The molecule has 0 saturated carbocycles. The number of carbonyl (C=O) groups excluding carboxylic acids is 1. The number of nitrogens with one attached hydrogen (secondary N) is 1. The summed E-state index contributed by atoms with van der Waals surface area (Å²) in [6.45, 7) is 9.23. The third-order valence-corrected chi connectivity index (χ3v) is 4.32. The summed E-state index contributed by atoms with van der Waals surface area (Å²) in [5, 5.41) is 2.73. The number of halogens is 1. The lowest BCUT2D eigenvalue weighted by Crippen LogP contribution is -2.46. The number of aliphatic imine (C=N–C) groups is 2. The summed E-state index contributed by atoms with van der Waals surface area (Å²) in [5.41, 5.74) is -0.464. The molecule has 29 heavy (non-hydrogen) atoms. The van der Waals surface area contributed by atoms with Gasteiger partial charge in [-0.25, -0.2) is 19.2 Å². The van der Waals surface area contributed by atoms with E-state index in [0.717, 1.165) is 0 Å². The van der Waals surface area contributed by atoms with Crippen LogP contribution in [0.4, 0.5) is 9.18 Å². The Balaban J connectivity index is 2.49. The molecule has 8 heteroatoms. The summed E-state index contributed by atoms with van der Waals surface area (Å²) in [7, 11) is 2.99. The molecular formula is C21H30FN3O4. The first kappa shape index (κ1) is 22.6. The molecule has 1 N–H and O–H groups in total. The lowest BCUT2D eigenvalue weighted by atomic mass is 9.96. The van der Waals surface area contributed by atoms with Crippen LogP contribution < -0.4 is 5.32 Å². The Morgan fingerprint density at radius 1 is 1.07 bits per heavy atom. The van der Waals surface area contributed by atoms with E-state index in [4.69, 9.17) is 14.2 Å². The zero-order chi connectivity index (χ0) is 21.8. The highest BCUT2D eigenvalue weighted by Crippen LogP contribution is 2.28. The highest BCUT2D eigenvalue weighted by Gasteiger charge is 2.38. The van der Waals surface area contributed by atoms with Gasteiger partial charge in [0, 0.05) is 5.56 Å². The summed E-state index contributed by atoms with van der Waals surface area (Å²) in [6, 6.07) is 4.14. The maximum Gasteiger partial charge on any atom is 0.408 e. The average Bonchev–Trinajstić information content (AvgIpc) is 2.64. The Morgan fingerprint density at radius 2 is 1.62 bits per heavy atom. The maximum atomic E-state index is 14.6.